The summed E-state index contributed by atoms with van der Waals surface area (Å²) in [6.07, 6.45) is 7.42. The molecule has 2 N–H and O–H groups in total. The van der Waals surface area contributed by atoms with Gasteiger partial charge < -0.3 is 10.6 Å². The van der Waals surface area contributed by atoms with E-state index in [0.29, 0.717) is 6.04 Å². The molecular formula is C14H28N2O. The van der Waals surface area contributed by atoms with Crippen LogP contribution in [0.3, 0.4) is 0 Å². The zero-order valence-electron chi connectivity index (χ0n) is 11.6. The Balaban J connectivity index is 2.37. The Kier molecular flexibility index (Phi) is 6.56. The largest absolute Gasteiger partial charge is 0.355 e. The Labute approximate surface area is 106 Å². The number of amides is 1. The highest BCUT2D eigenvalue weighted by molar-refractivity contribution is 5.81. The molecular weight excluding hydrogens is 212 g/mol. The van der Waals surface area contributed by atoms with Gasteiger partial charge in [-0.2, -0.15) is 0 Å². The van der Waals surface area contributed by atoms with E-state index in [2.05, 4.69) is 24.5 Å². The summed E-state index contributed by atoms with van der Waals surface area (Å²) in [5.41, 5.74) is 0. The Hall–Kier alpha value is -0.570. The molecule has 1 saturated carbocycles. The molecule has 1 fully saturated rings. The van der Waals surface area contributed by atoms with E-state index in [-0.39, 0.29) is 11.9 Å². The zero-order valence-corrected chi connectivity index (χ0v) is 11.6. The van der Waals surface area contributed by atoms with Crippen molar-refractivity contribution in [3.8, 4) is 0 Å². The van der Waals surface area contributed by atoms with Crippen LogP contribution < -0.4 is 10.6 Å². The second-order valence-corrected chi connectivity index (χ2v) is 5.24. The number of carbonyl (C=O) groups is 1. The van der Waals surface area contributed by atoms with Gasteiger partial charge >= 0.3 is 0 Å². The van der Waals surface area contributed by atoms with Gasteiger partial charge in [0.05, 0.1) is 6.04 Å². The van der Waals surface area contributed by atoms with Crippen LogP contribution in [-0.2, 0) is 4.79 Å². The van der Waals surface area contributed by atoms with Crippen molar-refractivity contribution in [1.82, 2.24) is 10.6 Å². The fourth-order valence-electron chi connectivity index (χ4n) is 2.71. The van der Waals surface area contributed by atoms with Gasteiger partial charge in [0.15, 0.2) is 0 Å². The molecule has 3 unspecified atom stereocenters. The van der Waals surface area contributed by atoms with E-state index in [9.17, 15) is 4.79 Å². The number of rotatable bonds is 6. The van der Waals surface area contributed by atoms with Crippen LogP contribution in [0.5, 0.6) is 0 Å². The maximum atomic E-state index is 11.8. The molecule has 0 aromatic carbocycles. The van der Waals surface area contributed by atoms with E-state index in [1.807, 2.05) is 6.92 Å². The lowest BCUT2D eigenvalue weighted by molar-refractivity contribution is -0.123. The van der Waals surface area contributed by atoms with Crippen molar-refractivity contribution in [3.05, 3.63) is 0 Å². The first-order chi connectivity index (χ1) is 8.19. The molecule has 1 aliphatic carbocycles. The van der Waals surface area contributed by atoms with E-state index in [0.717, 1.165) is 18.9 Å². The standard InChI is InChI=1S/C14H28N2O/c1-4-10-15-14(17)11(3)16-13-9-7-6-8-12(13)5-2/h11-13,16H,4-10H2,1-3H3,(H,15,17). The summed E-state index contributed by atoms with van der Waals surface area (Å²) in [4.78, 5) is 11.8. The van der Waals surface area contributed by atoms with Crippen LogP contribution in [0, 0.1) is 5.92 Å². The molecule has 0 aromatic heterocycles. The smallest absolute Gasteiger partial charge is 0.236 e. The lowest BCUT2D eigenvalue weighted by Crippen LogP contribution is -2.49. The van der Waals surface area contributed by atoms with Crippen molar-refractivity contribution in [2.45, 2.75) is 71.4 Å². The van der Waals surface area contributed by atoms with Gasteiger partial charge in [-0.15, -0.1) is 0 Å². The zero-order chi connectivity index (χ0) is 12.7. The van der Waals surface area contributed by atoms with Crippen molar-refractivity contribution in [3.63, 3.8) is 0 Å². The molecule has 0 spiro atoms. The Morgan fingerprint density at radius 1 is 1.29 bits per heavy atom. The lowest BCUT2D eigenvalue weighted by Gasteiger charge is -2.33. The molecule has 0 saturated heterocycles. The van der Waals surface area contributed by atoms with Crippen molar-refractivity contribution >= 4 is 5.91 Å². The first-order valence-electron chi connectivity index (χ1n) is 7.22. The topological polar surface area (TPSA) is 41.1 Å². The summed E-state index contributed by atoms with van der Waals surface area (Å²) in [5.74, 6) is 0.900. The van der Waals surface area contributed by atoms with E-state index < -0.39 is 0 Å². The van der Waals surface area contributed by atoms with Gasteiger partial charge in [0.2, 0.25) is 5.91 Å². The lowest BCUT2D eigenvalue weighted by atomic mass is 9.82. The average Bonchev–Trinajstić information content (AvgIpc) is 2.36. The summed E-state index contributed by atoms with van der Waals surface area (Å²) in [5, 5.41) is 6.47. The predicted molar refractivity (Wildman–Crippen MR) is 71.9 cm³/mol. The summed E-state index contributed by atoms with van der Waals surface area (Å²) in [6.45, 7) is 7.10. The van der Waals surface area contributed by atoms with Crippen molar-refractivity contribution in [1.29, 1.82) is 0 Å². The highest BCUT2D eigenvalue weighted by Gasteiger charge is 2.26. The molecule has 0 radical (unpaired) electrons. The van der Waals surface area contributed by atoms with Crippen LogP contribution in [0.4, 0.5) is 0 Å². The number of nitrogens with one attached hydrogen (secondary N) is 2. The van der Waals surface area contributed by atoms with Crippen molar-refractivity contribution in [2.24, 2.45) is 5.92 Å². The molecule has 17 heavy (non-hydrogen) atoms. The SMILES string of the molecule is CCCNC(=O)C(C)NC1CCCCC1CC. The van der Waals surface area contributed by atoms with E-state index in [1.165, 1.54) is 32.1 Å². The van der Waals surface area contributed by atoms with Crippen molar-refractivity contribution in [2.75, 3.05) is 6.54 Å². The second kappa shape index (κ2) is 7.70. The van der Waals surface area contributed by atoms with E-state index in [4.69, 9.17) is 0 Å². The first kappa shape index (κ1) is 14.5. The van der Waals surface area contributed by atoms with Crippen LogP contribution >= 0.6 is 0 Å². The number of carbonyl (C=O) groups excluding carboxylic acids is 1. The van der Waals surface area contributed by atoms with Crippen LogP contribution in [0.2, 0.25) is 0 Å². The molecule has 1 rings (SSSR count). The minimum Gasteiger partial charge on any atom is -0.355 e. The highest BCUT2D eigenvalue weighted by Crippen LogP contribution is 2.26. The first-order valence-corrected chi connectivity index (χ1v) is 7.22. The van der Waals surface area contributed by atoms with Gasteiger partial charge in [0.25, 0.3) is 0 Å². The van der Waals surface area contributed by atoms with E-state index >= 15 is 0 Å². The Morgan fingerprint density at radius 3 is 2.65 bits per heavy atom. The van der Waals surface area contributed by atoms with Crippen LogP contribution in [0.25, 0.3) is 0 Å². The summed E-state index contributed by atoms with van der Waals surface area (Å²) in [6, 6.07) is 0.481. The monoisotopic (exact) mass is 240 g/mol. The number of hydrogen-bond acceptors (Lipinski definition) is 2. The minimum atomic E-state index is -0.0568. The molecule has 3 heteroatoms. The maximum absolute atomic E-state index is 11.8. The minimum absolute atomic E-state index is 0.0568. The number of hydrogen-bond donors (Lipinski definition) is 2. The highest BCUT2D eigenvalue weighted by atomic mass is 16.2. The van der Waals surface area contributed by atoms with Gasteiger partial charge in [-0.1, -0.05) is 33.1 Å². The molecule has 1 amide bonds. The van der Waals surface area contributed by atoms with Gasteiger partial charge in [-0.25, -0.2) is 0 Å². The normalized spacial score (nSPS) is 26.5. The average molecular weight is 240 g/mol. The van der Waals surface area contributed by atoms with E-state index in [1.54, 1.807) is 0 Å². The van der Waals surface area contributed by atoms with Crippen LogP contribution in [-0.4, -0.2) is 24.5 Å². The quantitative estimate of drug-likeness (QED) is 0.749. The third-order valence-electron chi connectivity index (χ3n) is 3.84. The Morgan fingerprint density at radius 2 is 2.00 bits per heavy atom. The van der Waals surface area contributed by atoms with Crippen molar-refractivity contribution < 1.29 is 4.79 Å². The molecule has 0 bridgehead atoms. The molecule has 3 atom stereocenters. The summed E-state index contributed by atoms with van der Waals surface area (Å²) >= 11 is 0. The van der Waals surface area contributed by atoms with Gasteiger partial charge in [-0.3, -0.25) is 4.79 Å². The van der Waals surface area contributed by atoms with Gasteiger partial charge in [0, 0.05) is 12.6 Å². The maximum Gasteiger partial charge on any atom is 0.236 e. The van der Waals surface area contributed by atoms with Gasteiger partial charge in [-0.05, 0) is 32.1 Å². The molecule has 100 valence electrons. The second-order valence-electron chi connectivity index (χ2n) is 5.24. The Bertz CT molecular complexity index is 230. The van der Waals surface area contributed by atoms with Gasteiger partial charge in [0.1, 0.15) is 0 Å². The van der Waals surface area contributed by atoms with Crippen LogP contribution in [0.15, 0.2) is 0 Å². The molecule has 1 aliphatic rings. The van der Waals surface area contributed by atoms with Crippen LogP contribution in [0.1, 0.15) is 59.3 Å². The molecule has 0 aromatic rings. The fraction of sp³-hybridized carbons (Fsp3) is 0.929. The third kappa shape index (κ3) is 4.66. The predicted octanol–water partition coefficient (Wildman–Crippen LogP) is 2.46. The third-order valence-corrected chi connectivity index (χ3v) is 3.84. The fourth-order valence-corrected chi connectivity index (χ4v) is 2.71. The molecule has 0 heterocycles. The molecule has 3 nitrogen and oxygen atoms in total. The molecule has 0 aliphatic heterocycles. The summed E-state index contributed by atoms with van der Waals surface area (Å²) < 4.78 is 0. The summed E-state index contributed by atoms with van der Waals surface area (Å²) in [7, 11) is 0.